The lowest BCUT2D eigenvalue weighted by atomic mass is 9.79. The van der Waals surface area contributed by atoms with E-state index in [0.29, 0.717) is 25.0 Å². The van der Waals surface area contributed by atoms with Gasteiger partial charge in [-0.25, -0.2) is 0 Å². The number of hydrogen-bond donors (Lipinski definition) is 2. The lowest BCUT2D eigenvalue weighted by molar-refractivity contribution is -0.126. The highest BCUT2D eigenvalue weighted by Crippen LogP contribution is 2.27. The molecule has 3 unspecified atom stereocenters. The van der Waals surface area contributed by atoms with Crippen LogP contribution in [0.25, 0.3) is 0 Å². The second-order valence-electron chi connectivity index (χ2n) is 6.24. The number of amides is 1. The molecule has 0 bridgehead atoms. The Balaban J connectivity index is 2.08. The Morgan fingerprint density at radius 2 is 2.11 bits per heavy atom. The van der Waals surface area contributed by atoms with E-state index in [1.165, 1.54) is 0 Å². The van der Waals surface area contributed by atoms with E-state index in [2.05, 4.69) is 26.1 Å². The van der Waals surface area contributed by atoms with Crippen LogP contribution in [0.4, 0.5) is 0 Å². The van der Waals surface area contributed by atoms with Crippen molar-refractivity contribution in [2.75, 3.05) is 19.8 Å². The Morgan fingerprint density at radius 3 is 2.74 bits per heavy atom. The van der Waals surface area contributed by atoms with Crippen molar-refractivity contribution < 1.29 is 9.53 Å². The van der Waals surface area contributed by atoms with E-state index in [1.54, 1.807) is 0 Å². The summed E-state index contributed by atoms with van der Waals surface area (Å²) in [5.74, 6) is 1.44. The van der Waals surface area contributed by atoms with Crippen LogP contribution < -0.4 is 11.1 Å². The van der Waals surface area contributed by atoms with Crippen LogP contribution in [-0.4, -0.2) is 31.7 Å². The average Bonchev–Trinajstić information content (AvgIpc) is 2.36. The molecule has 1 rings (SSSR count). The van der Waals surface area contributed by atoms with Crippen LogP contribution >= 0.6 is 0 Å². The molecule has 19 heavy (non-hydrogen) atoms. The SMILES string of the molecule is CC(C)CCOCCNC(=O)C1CCC(N)C(C)C1. The van der Waals surface area contributed by atoms with Crippen LogP contribution in [0.5, 0.6) is 0 Å². The predicted octanol–water partition coefficient (Wildman–Crippen LogP) is 1.93. The molecule has 4 heteroatoms. The summed E-state index contributed by atoms with van der Waals surface area (Å²) in [4.78, 5) is 12.0. The summed E-state index contributed by atoms with van der Waals surface area (Å²) in [5, 5.41) is 2.97. The summed E-state index contributed by atoms with van der Waals surface area (Å²) in [6.45, 7) is 8.51. The second kappa shape index (κ2) is 8.54. The van der Waals surface area contributed by atoms with E-state index < -0.39 is 0 Å². The Bertz CT molecular complexity index is 269. The van der Waals surface area contributed by atoms with E-state index in [1.807, 2.05) is 0 Å². The normalized spacial score (nSPS) is 27.5. The Hall–Kier alpha value is -0.610. The molecule has 112 valence electrons. The third-order valence-corrected chi connectivity index (χ3v) is 3.99. The summed E-state index contributed by atoms with van der Waals surface area (Å²) < 4.78 is 5.49. The Labute approximate surface area is 117 Å². The monoisotopic (exact) mass is 270 g/mol. The van der Waals surface area contributed by atoms with Crippen LogP contribution in [0.2, 0.25) is 0 Å². The summed E-state index contributed by atoms with van der Waals surface area (Å²) in [6.07, 6.45) is 3.88. The number of hydrogen-bond acceptors (Lipinski definition) is 3. The van der Waals surface area contributed by atoms with Crippen molar-refractivity contribution in [2.24, 2.45) is 23.5 Å². The van der Waals surface area contributed by atoms with Gasteiger partial charge < -0.3 is 15.8 Å². The third kappa shape index (κ3) is 6.39. The maximum absolute atomic E-state index is 12.0. The van der Waals surface area contributed by atoms with Gasteiger partial charge in [0.1, 0.15) is 0 Å². The quantitative estimate of drug-likeness (QED) is 0.695. The van der Waals surface area contributed by atoms with E-state index >= 15 is 0 Å². The van der Waals surface area contributed by atoms with Gasteiger partial charge in [0, 0.05) is 25.1 Å². The zero-order chi connectivity index (χ0) is 14.3. The molecular formula is C15H30N2O2. The third-order valence-electron chi connectivity index (χ3n) is 3.99. The van der Waals surface area contributed by atoms with E-state index in [9.17, 15) is 4.79 Å². The highest BCUT2D eigenvalue weighted by Gasteiger charge is 2.29. The summed E-state index contributed by atoms with van der Waals surface area (Å²) in [5.41, 5.74) is 5.97. The first-order valence-corrected chi connectivity index (χ1v) is 7.61. The minimum Gasteiger partial charge on any atom is -0.380 e. The minimum absolute atomic E-state index is 0.144. The van der Waals surface area contributed by atoms with Crippen molar-refractivity contribution in [3.63, 3.8) is 0 Å². The first-order valence-electron chi connectivity index (χ1n) is 7.61. The first kappa shape index (κ1) is 16.4. The highest BCUT2D eigenvalue weighted by molar-refractivity contribution is 5.78. The number of nitrogens with two attached hydrogens (primary N) is 1. The van der Waals surface area contributed by atoms with E-state index in [4.69, 9.17) is 10.5 Å². The van der Waals surface area contributed by atoms with Crippen LogP contribution in [0.3, 0.4) is 0 Å². The van der Waals surface area contributed by atoms with Crippen LogP contribution in [-0.2, 0) is 9.53 Å². The minimum atomic E-state index is 0.144. The zero-order valence-electron chi connectivity index (χ0n) is 12.7. The molecule has 1 aliphatic rings. The van der Waals surface area contributed by atoms with Gasteiger partial charge >= 0.3 is 0 Å². The molecule has 0 saturated heterocycles. The molecule has 0 aliphatic heterocycles. The molecule has 3 atom stereocenters. The van der Waals surface area contributed by atoms with Gasteiger partial charge in [-0.1, -0.05) is 20.8 Å². The molecular weight excluding hydrogens is 240 g/mol. The molecule has 1 saturated carbocycles. The van der Waals surface area contributed by atoms with E-state index in [-0.39, 0.29) is 17.9 Å². The van der Waals surface area contributed by atoms with Crippen molar-refractivity contribution in [3.8, 4) is 0 Å². The lowest BCUT2D eigenvalue weighted by Crippen LogP contribution is -2.41. The average molecular weight is 270 g/mol. The molecule has 0 radical (unpaired) electrons. The van der Waals surface area contributed by atoms with Gasteiger partial charge in [-0.15, -0.1) is 0 Å². The maximum Gasteiger partial charge on any atom is 0.223 e. The Morgan fingerprint density at radius 1 is 1.37 bits per heavy atom. The van der Waals surface area contributed by atoms with Crippen molar-refractivity contribution in [1.82, 2.24) is 5.32 Å². The molecule has 0 aromatic heterocycles. The molecule has 3 N–H and O–H groups in total. The van der Waals surface area contributed by atoms with Crippen LogP contribution in [0.15, 0.2) is 0 Å². The van der Waals surface area contributed by atoms with Crippen molar-refractivity contribution >= 4 is 5.91 Å². The van der Waals surface area contributed by atoms with Gasteiger partial charge in [0.25, 0.3) is 0 Å². The smallest absolute Gasteiger partial charge is 0.223 e. The summed E-state index contributed by atoms with van der Waals surface area (Å²) >= 11 is 0. The number of carbonyl (C=O) groups excluding carboxylic acids is 1. The molecule has 1 aliphatic carbocycles. The molecule has 4 nitrogen and oxygen atoms in total. The summed E-state index contributed by atoms with van der Waals surface area (Å²) in [7, 11) is 0. The highest BCUT2D eigenvalue weighted by atomic mass is 16.5. The van der Waals surface area contributed by atoms with Gasteiger partial charge in [0.05, 0.1) is 6.61 Å². The molecule has 1 amide bonds. The van der Waals surface area contributed by atoms with Gasteiger partial charge in [-0.05, 0) is 37.5 Å². The first-order chi connectivity index (χ1) is 9.00. The number of nitrogens with one attached hydrogen (secondary N) is 1. The zero-order valence-corrected chi connectivity index (χ0v) is 12.7. The van der Waals surface area contributed by atoms with Crippen LogP contribution in [0.1, 0.15) is 46.5 Å². The van der Waals surface area contributed by atoms with Crippen molar-refractivity contribution in [2.45, 2.75) is 52.5 Å². The number of carbonyl (C=O) groups is 1. The topological polar surface area (TPSA) is 64.3 Å². The molecule has 0 aromatic carbocycles. The molecule has 0 spiro atoms. The number of ether oxygens (including phenoxy) is 1. The van der Waals surface area contributed by atoms with Crippen molar-refractivity contribution in [1.29, 1.82) is 0 Å². The van der Waals surface area contributed by atoms with E-state index in [0.717, 1.165) is 32.3 Å². The standard InChI is InChI=1S/C15H30N2O2/c1-11(2)6-8-19-9-7-17-15(18)13-4-5-14(16)12(3)10-13/h11-14H,4-10,16H2,1-3H3,(H,17,18). The van der Waals surface area contributed by atoms with Gasteiger partial charge in [-0.2, -0.15) is 0 Å². The summed E-state index contributed by atoms with van der Waals surface area (Å²) in [6, 6.07) is 0.267. The largest absolute Gasteiger partial charge is 0.380 e. The Kier molecular flexibility index (Phi) is 7.39. The lowest BCUT2D eigenvalue weighted by Gasteiger charge is -2.31. The van der Waals surface area contributed by atoms with Gasteiger partial charge in [0.15, 0.2) is 0 Å². The fraction of sp³-hybridized carbons (Fsp3) is 0.933. The van der Waals surface area contributed by atoms with Crippen molar-refractivity contribution in [3.05, 3.63) is 0 Å². The molecule has 0 heterocycles. The molecule has 1 fully saturated rings. The van der Waals surface area contributed by atoms with Crippen LogP contribution in [0, 0.1) is 17.8 Å². The molecule has 0 aromatic rings. The second-order valence-corrected chi connectivity index (χ2v) is 6.24. The van der Waals surface area contributed by atoms with Gasteiger partial charge in [0.2, 0.25) is 5.91 Å². The maximum atomic E-state index is 12.0. The predicted molar refractivity (Wildman–Crippen MR) is 77.8 cm³/mol. The fourth-order valence-electron chi connectivity index (χ4n) is 2.47. The number of rotatable bonds is 7. The van der Waals surface area contributed by atoms with Gasteiger partial charge in [-0.3, -0.25) is 4.79 Å². The fourth-order valence-corrected chi connectivity index (χ4v) is 2.47.